The first-order valence-corrected chi connectivity index (χ1v) is 10.1. The van der Waals surface area contributed by atoms with Crippen LogP contribution < -0.4 is 9.47 Å². The number of rotatable bonds is 7. The SMILES string of the molecule is CCOc1ccc(CC(=O)N2CCc3c(c(COc4cnccn4)nn3C)C2)cc1. The van der Waals surface area contributed by atoms with Crippen LogP contribution in [-0.4, -0.2) is 43.7 Å². The summed E-state index contributed by atoms with van der Waals surface area (Å²) in [6, 6.07) is 7.71. The number of hydrogen-bond acceptors (Lipinski definition) is 6. The fraction of sp³-hybridized carbons (Fsp3) is 0.364. The van der Waals surface area contributed by atoms with Crippen molar-refractivity contribution in [3.05, 3.63) is 65.4 Å². The molecule has 0 unspecified atom stereocenters. The van der Waals surface area contributed by atoms with Gasteiger partial charge in [-0.3, -0.25) is 14.5 Å². The Kier molecular flexibility index (Phi) is 5.92. The number of aryl methyl sites for hydroxylation is 1. The number of benzene rings is 1. The van der Waals surface area contributed by atoms with Crippen molar-refractivity contribution in [3.63, 3.8) is 0 Å². The molecule has 0 aliphatic carbocycles. The predicted octanol–water partition coefficient (Wildman–Crippen LogP) is 2.32. The second kappa shape index (κ2) is 8.94. The maximum absolute atomic E-state index is 12.9. The summed E-state index contributed by atoms with van der Waals surface area (Å²) in [6.07, 6.45) is 5.91. The summed E-state index contributed by atoms with van der Waals surface area (Å²) in [6.45, 7) is 4.10. The van der Waals surface area contributed by atoms with Gasteiger partial charge >= 0.3 is 0 Å². The van der Waals surface area contributed by atoms with Crippen molar-refractivity contribution in [2.24, 2.45) is 7.05 Å². The predicted molar refractivity (Wildman–Crippen MR) is 110 cm³/mol. The molecule has 3 aromatic rings. The average molecular weight is 407 g/mol. The van der Waals surface area contributed by atoms with Crippen molar-refractivity contribution >= 4 is 5.91 Å². The van der Waals surface area contributed by atoms with Crippen molar-refractivity contribution < 1.29 is 14.3 Å². The molecule has 1 aliphatic heterocycles. The molecule has 0 N–H and O–H groups in total. The van der Waals surface area contributed by atoms with Gasteiger partial charge in [-0.15, -0.1) is 0 Å². The smallest absolute Gasteiger partial charge is 0.232 e. The maximum atomic E-state index is 12.9. The second-order valence-corrected chi connectivity index (χ2v) is 7.15. The number of carbonyl (C=O) groups excluding carboxylic acids is 1. The summed E-state index contributed by atoms with van der Waals surface area (Å²) in [5.41, 5.74) is 4.02. The molecule has 8 nitrogen and oxygen atoms in total. The van der Waals surface area contributed by atoms with Crippen molar-refractivity contribution in [2.45, 2.75) is 32.9 Å². The second-order valence-electron chi connectivity index (χ2n) is 7.15. The monoisotopic (exact) mass is 407 g/mol. The van der Waals surface area contributed by atoms with E-state index in [9.17, 15) is 4.79 Å². The Balaban J connectivity index is 1.42. The first-order valence-electron chi connectivity index (χ1n) is 10.1. The van der Waals surface area contributed by atoms with E-state index in [-0.39, 0.29) is 5.91 Å². The molecule has 0 spiro atoms. The van der Waals surface area contributed by atoms with E-state index in [0.29, 0.717) is 38.6 Å². The van der Waals surface area contributed by atoms with Gasteiger partial charge < -0.3 is 14.4 Å². The Hall–Kier alpha value is -3.42. The number of amides is 1. The van der Waals surface area contributed by atoms with Gasteiger partial charge in [-0.1, -0.05) is 12.1 Å². The highest BCUT2D eigenvalue weighted by Crippen LogP contribution is 2.24. The number of ether oxygens (including phenoxy) is 2. The van der Waals surface area contributed by atoms with Crippen molar-refractivity contribution in [2.75, 3.05) is 13.2 Å². The minimum absolute atomic E-state index is 0.106. The molecule has 0 fully saturated rings. The topological polar surface area (TPSA) is 82.4 Å². The van der Waals surface area contributed by atoms with Crippen molar-refractivity contribution in [3.8, 4) is 11.6 Å². The number of fused-ring (bicyclic) bond motifs is 1. The summed E-state index contributed by atoms with van der Waals surface area (Å²) in [5.74, 6) is 1.38. The molecule has 156 valence electrons. The highest BCUT2D eigenvalue weighted by atomic mass is 16.5. The zero-order valence-corrected chi connectivity index (χ0v) is 17.2. The van der Waals surface area contributed by atoms with Crippen molar-refractivity contribution in [1.29, 1.82) is 0 Å². The highest BCUT2D eigenvalue weighted by molar-refractivity contribution is 5.79. The molecule has 1 amide bonds. The van der Waals surface area contributed by atoms with Gasteiger partial charge in [-0.2, -0.15) is 5.10 Å². The van der Waals surface area contributed by atoms with Gasteiger partial charge in [0.1, 0.15) is 18.1 Å². The van der Waals surface area contributed by atoms with Gasteiger partial charge in [0, 0.05) is 50.2 Å². The lowest BCUT2D eigenvalue weighted by Crippen LogP contribution is -2.37. The lowest BCUT2D eigenvalue weighted by molar-refractivity contribution is -0.131. The fourth-order valence-electron chi connectivity index (χ4n) is 3.66. The number of hydrogen-bond donors (Lipinski definition) is 0. The van der Waals surface area contributed by atoms with Crippen LogP contribution in [0.2, 0.25) is 0 Å². The first kappa shape index (κ1) is 19.9. The molecule has 1 aliphatic rings. The van der Waals surface area contributed by atoms with Gasteiger partial charge in [-0.05, 0) is 24.6 Å². The van der Waals surface area contributed by atoms with Gasteiger partial charge in [0.25, 0.3) is 0 Å². The zero-order valence-electron chi connectivity index (χ0n) is 17.2. The Labute approximate surface area is 175 Å². The number of aromatic nitrogens is 4. The molecule has 1 aromatic carbocycles. The summed E-state index contributed by atoms with van der Waals surface area (Å²) in [4.78, 5) is 22.9. The van der Waals surface area contributed by atoms with Gasteiger partial charge in [-0.25, -0.2) is 4.98 Å². The highest BCUT2D eigenvalue weighted by Gasteiger charge is 2.27. The van der Waals surface area contributed by atoms with Crippen LogP contribution in [0.5, 0.6) is 11.6 Å². The molecule has 3 heterocycles. The van der Waals surface area contributed by atoms with Crippen LogP contribution in [0.15, 0.2) is 42.9 Å². The van der Waals surface area contributed by atoms with E-state index in [4.69, 9.17) is 9.47 Å². The molecule has 0 saturated carbocycles. The molecule has 4 rings (SSSR count). The summed E-state index contributed by atoms with van der Waals surface area (Å²) in [7, 11) is 1.93. The first-order chi connectivity index (χ1) is 14.6. The normalized spacial score (nSPS) is 13.1. The number of nitrogens with zero attached hydrogens (tertiary/aromatic N) is 5. The van der Waals surface area contributed by atoms with Crippen LogP contribution >= 0.6 is 0 Å². The lowest BCUT2D eigenvalue weighted by atomic mass is 10.0. The molecule has 0 atom stereocenters. The van der Waals surface area contributed by atoms with E-state index < -0.39 is 0 Å². The van der Waals surface area contributed by atoms with Crippen LogP contribution in [0, 0.1) is 0 Å². The molecular formula is C22H25N5O3. The van der Waals surface area contributed by atoms with Gasteiger partial charge in [0.15, 0.2) is 0 Å². The standard InChI is InChI=1S/C22H25N5O3/c1-3-29-17-6-4-16(5-7-17)12-22(28)27-11-8-20-18(14-27)19(25-26(20)2)15-30-21-13-23-9-10-24-21/h4-7,9-10,13H,3,8,11-12,14-15H2,1-2H3. The van der Waals surface area contributed by atoms with Gasteiger partial charge in [0.2, 0.25) is 11.8 Å². The Morgan fingerprint density at radius 2 is 2.00 bits per heavy atom. The van der Waals surface area contributed by atoms with Crippen LogP contribution in [0.25, 0.3) is 0 Å². The molecule has 0 radical (unpaired) electrons. The molecular weight excluding hydrogens is 382 g/mol. The van der Waals surface area contributed by atoms with E-state index >= 15 is 0 Å². The zero-order chi connectivity index (χ0) is 20.9. The molecule has 30 heavy (non-hydrogen) atoms. The van der Waals surface area contributed by atoms with Gasteiger partial charge in [0.05, 0.1) is 19.2 Å². The van der Waals surface area contributed by atoms with Crippen molar-refractivity contribution in [1.82, 2.24) is 24.6 Å². The maximum Gasteiger partial charge on any atom is 0.232 e. The molecule has 0 bridgehead atoms. The Morgan fingerprint density at radius 1 is 1.17 bits per heavy atom. The largest absolute Gasteiger partial charge is 0.494 e. The summed E-state index contributed by atoms with van der Waals surface area (Å²) < 4.78 is 13.1. The third kappa shape index (κ3) is 4.42. The third-order valence-electron chi connectivity index (χ3n) is 5.16. The third-order valence-corrected chi connectivity index (χ3v) is 5.16. The Morgan fingerprint density at radius 3 is 2.73 bits per heavy atom. The number of carbonyl (C=O) groups is 1. The molecule has 8 heteroatoms. The van der Waals surface area contributed by atoms with Crippen LogP contribution in [0.1, 0.15) is 29.4 Å². The molecule has 2 aromatic heterocycles. The summed E-state index contributed by atoms with van der Waals surface area (Å²) in [5, 5.41) is 4.60. The Bertz CT molecular complexity index is 1000. The van der Waals surface area contributed by atoms with E-state index in [0.717, 1.165) is 34.7 Å². The minimum atomic E-state index is 0.106. The minimum Gasteiger partial charge on any atom is -0.494 e. The van der Waals surface area contributed by atoms with E-state index in [1.54, 1.807) is 18.6 Å². The van der Waals surface area contributed by atoms with E-state index in [2.05, 4.69) is 15.1 Å². The quantitative estimate of drug-likeness (QED) is 0.598. The van der Waals surface area contributed by atoms with Crippen LogP contribution in [0.3, 0.4) is 0 Å². The fourth-order valence-corrected chi connectivity index (χ4v) is 3.66. The van der Waals surface area contributed by atoms with E-state index in [1.165, 1.54) is 0 Å². The average Bonchev–Trinajstić information content (AvgIpc) is 3.09. The van der Waals surface area contributed by atoms with Crippen LogP contribution in [0.4, 0.5) is 0 Å². The van der Waals surface area contributed by atoms with Crippen LogP contribution in [-0.2, 0) is 37.8 Å². The summed E-state index contributed by atoms with van der Waals surface area (Å²) >= 11 is 0. The lowest BCUT2D eigenvalue weighted by Gasteiger charge is -2.28. The molecule has 0 saturated heterocycles. The van der Waals surface area contributed by atoms with E-state index in [1.807, 2.05) is 47.8 Å².